The average Bonchev–Trinajstić information content (AvgIpc) is 2.42. The van der Waals surface area contributed by atoms with Crippen LogP contribution in [0, 0.1) is 0 Å². The van der Waals surface area contributed by atoms with Crippen LogP contribution in [0.3, 0.4) is 0 Å². The van der Waals surface area contributed by atoms with E-state index in [1.54, 1.807) is 11.9 Å². The Morgan fingerprint density at radius 3 is 2.80 bits per heavy atom. The molecule has 0 radical (unpaired) electrons. The number of nitrogens with one attached hydrogen (secondary N) is 1. The molecule has 15 heavy (non-hydrogen) atoms. The molecule has 2 rings (SSSR count). The van der Waals surface area contributed by atoms with E-state index in [0.717, 1.165) is 10.0 Å². The quantitative estimate of drug-likeness (QED) is 0.833. The lowest BCUT2D eigenvalue weighted by molar-refractivity contribution is 0.226. The van der Waals surface area contributed by atoms with Crippen LogP contribution in [0.4, 0.5) is 4.79 Å². The Labute approximate surface area is 97.6 Å². The number of likely N-dealkylation sites (N-methyl/N-ethyl adjacent to an activating group) is 1. The molecule has 3 nitrogen and oxygen atoms in total. The molecule has 0 aliphatic carbocycles. The van der Waals surface area contributed by atoms with Crippen LogP contribution in [-0.4, -0.2) is 24.5 Å². The van der Waals surface area contributed by atoms with Crippen molar-refractivity contribution < 1.29 is 4.79 Å². The smallest absolute Gasteiger partial charge is 0.317 e. The zero-order valence-corrected chi connectivity index (χ0v) is 10.3. The fourth-order valence-electron chi connectivity index (χ4n) is 1.91. The van der Waals surface area contributed by atoms with Gasteiger partial charge in [0.1, 0.15) is 0 Å². The Morgan fingerprint density at radius 2 is 2.27 bits per heavy atom. The van der Waals surface area contributed by atoms with Crippen LogP contribution in [-0.2, 0) is 5.54 Å². The summed E-state index contributed by atoms with van der Waals surface area (Å²) in [6.07, 6.45) is 0. The maximum atomic E-state index is 11.5. The summed E-state index contributed by atoms with van der Waals surface area (Å²) in [6, 6.07) is 8.02. The topological polar surface area (TPSA) is 32.3 Å². The molecular formula is C11H13BrN2O. The molecule has 1 atom stereocenters. The number of rotatable bonds is 1. The van der Waals surface area contributed by atoms with Crippen molar-refractivity contribution in [2.24, 2.45) is 0 Å². The fraction of sp³-hybridized carbons (Fsp3) is 0.364. The van der Waals surface area contributed by atoms with Crippen molar-refractivity contribution in [3.05, 3.63) is 34.3 Å². The average molecular weight is 269 g/mol. The van der Waals surface area contributed by atoms with Gasteiger partial charge in [-0.15, -0.1) is 0 Å². The van der Waals surface area contributed by atoms with E-state index in [0.29, 0.717) is 6.54 Å². The van der Waals surface area contributed by atoms with E-state index in [1.165, 1.54) is 0 Å². The van der Waals surface area contributed by atoms with Crippen molar-refractivity contribution in [3.8, 4) is 0 Å². The van der Waals surface area contributed by atoms with Gasteiger partial charge in [0.15, 0.2) is 0 Å². The van der Waals surface area contributed by atoms with Crippen molar-refractivity contribution in [2.45, 2.75) is 12.5 Å². The second-order valence-electron chi connectivity index (χ2n) is 4.13. The van der Waals surface area contributed by atoms with Gasteiger partial charge in [0.2, 0.25) is 0 Å². The Morgan fingerprint density at radius 1 is 1.53 bits per heavy atom. The van der Waals surface area contributed by atoms with E-state index in [4.69, 9.17) is 0 Å². The first-order valence-corrected chi connectivity index (χ1v) is 5.60. The molecule has 1 aliphatic rings. The van der Waals surface area contributed by atoms with Crippen LogP contribution in [0.2, 0.25) is 0 Å². The number of halogens is 1. The monoisotopic (exact) mass is 268 g/mol. The molecule has 1 aromatic rings. The predicted octanol–water partition coefficient (Wildman–Crippen LogP) is 2.32. The Hall–Kier alpha value is -1.03. The summed E-state index contributed by atoms with van der Waals surface area (Å²) < 4.78 is 1.03. The van der Waals surface area contributed by atoms with E-state index >= 15 is 0 Å². The minimum absolute atomic E-state index is 0.0162. The lowest BCUT2D eigenvalue weighted by Gasteiger charge is -2.23. The highest BCUT2D eigenvalue weighted by Crippen LogP contribution is 2.28. The summed E-state index contributed by atoms with van der Waals surface area (Å²) in [5, 5.41) is 2.99. The van der Waals surface area contributed by atoms with Crippen molar-refractivity contribution in [3.63, 3.8) is 0 Å². The van der Waals surface area contributed by atoms with E-state index in [2.05, 4.69) is 21.2 Å². The van der Waals surface area contributed by atoms with Gasteiger partial charge in [0.25, 0.3) is 0 Å². The SMILES string of the molecule is CN1CC(C)(c2cccc(Br)c2)NC1=O. The molecule has 1 aliphatic heterocycles. The fourth-order valence-corrected chi connectivity index (χ4v) is 2.31. The highest BCUT2D eigenvalue weighted by Gasteiger charge is 2.38. The van der Waals surface area contributed by atoms with Gasteiger partial charge in [-0.1, -0.05) is 28.1 Å². The molecule has 0 saturated carbocycles. The number of benzene rings is 1. The number of carbonyl (C=O) groups is 1. The normalized spacial score (nSPS) is 25.5. The summed E-state index contributed by atoms with van der Waals surface area (Å²) in [5.41, 5.74) is 0.838. The Bertz CT molecular complexity index is 407. The largest absolute Gasteiger partial charge is 0.327 e. The minimum Gasteiger partial charge on any atom is -0.327 e. The van der Waals surface area contributed by atoms with Crippen LogP contribution in [0.15, 0.2) is 28.7 Å². The molecule has 2 amide bonds. The Balaban J connectivity index is 2.35. The lowest BCUT2D eigenvalue weighted by Crippen LogP contribution is -2.37. The molecule has 1 fully saturated rings. The second-order valence-corrected chi connectivity index (χ2v) is 5.04. The van der Waals surface area contributed by atoms with Gasteiger partial charge < -0.3 is 10.2 Å². The molecule has 4 heteroatoms. The van der Waals surface area contributed by atoms with Gasteiger partial charge in [-0.05, 0) is 24.6 Å². The minimum atomic E-state index is -0.282. The molecule has 1 unspecified atom stereocenters. The van der Waals surface area contributed by atoms with Crippen LogP contribution in [0.5, 0.6) is 0 Å². The van der Waals surface area contributed by atoms with Gasteiger partial charge in [0, 0.05) is 18.1 Å². The summed E-state index contributed by atoms with van der Waals surface area (Å²) in [7, 11) is 1.80. The maximum absolute atomic E-state index is 11.5. The summed E-state index contributed by atoms with van der Waals surface area (Å²) >= 11 is 3.44. The van der Waals surface area contributed by atoms with Gasteiger partial charge in [0.05, 0.1) is 5.54 Å². The summed E-state index contributed by atoms with van der Waals surface area (Å²) in [6.45, 7) is 2.73. The first-order chi connectivity index (χ1) is 7.01. The van der Waals surface area contributed by atoms with Crippen LogP contribution < -0.4 is 5.32 Å². The van der Waals surface area contributed by atoms with E-state index < -0.39 is 0 Å². The van der Waals surface area contributed by atoms with Crippen molar-refractivity contribution in [1.29, 1.82) is 0 Å². The second kappa shape index (κ2) is 3.52. The number of urea groups is 1. The standard InChI is InChI=1S/C11H13BrN2O/c1-11(7-14(2)10(15)13-11)8-4-3-5-9(12)6-8/h3-6H,7H2,1-2H3,(H,13,15). The molecular weight excluding hydrogens is 256 g/mol. The molecule has 0 spiro atoms. The summed E-state index contributed by atoms with van der Waals surface area (Å²) in [5.74, 6) is 0. The molecule has 1 heterocycles. The van der Waals surface area contributed by atoms with Crippen molar-refractivity contribution in [1.82, 2.24) is 10.2 Å². The van der Waals surface area contributed by atoms with E-state index in [9.17, 15) is 4.79 Å². The zero-order valence-electron chi connectivity index (χ0n) is 8.75. The van der Waals surface area contributed by atoms with Gasteiger partial charge in [-0.3, -0.25) is 0 Å². The molecule has 0 bridgehead atoms. The Kier molecular flexibility index (Phi) is 2.46. The maximum Gasteiger partial charge on any atom is 0.317 e. The number of amides is 2. The zero-order chi connectivity index (χ0) is 11.1. The van der Waals surface area contributed by atoms with Gasteiger partial charge in [-0.25, -0.2) is 4.79 Å². The van der Waals surface area contributed by atoms with Crippen molar-refractivity contribution in [2.75, 3.05) is 13.6 Å². The highest BCUT2D eigenvalue weighted by molar-refractivity contribution is 9.10. The van der Waals surface area contributed by atoms with Crippen LogP contribution >= 0.6 is 15.9 Å². The number of hydrogen-bond donors (Lipinski definition) is 1. The number of hydrogen-bond acceptors (Lipinski definition) is 1. The van der Waals surface area contributed by atoms with E-state index in [-0.39, 0.29) is 11.6 Å². The van der Waals surface area contributed by atoms with E-state index in [1.807, 2.05) is 31.2 Å². The summed E-state index contributed by atoms with van der Waals surface area (Å²) in [4.78, 5) is 13.1. The van der Waals surface area contributed by atoms with Gasteiger partial charge in [-0.2, -0.15) is 0 Å². The van der Waals surface area contributed by atoms with Crippen LogP contribution in [0.1, 0.15) is 12.5 Å². The molecule has 1 aromatic carbocycles. The molecule has 80 valence electrons. The van der Waals surface area contributed by atoms with Crippen molar-refractivity contribution >= 4 is 22.0 Å². The highest BCUT2D eigenvalue weighted by atomic mass is 79.9. The number of nitrogens with zero attached hydrogens (tertiary/aromatic N) is 1. The molecule has 1 saturated heterocycles. The molecule has 1 N–H and O–H groups in total. The third-order valence-corrected chi connectivity index (χ3v) is 3.24. The third kappa shape index (κ3) is 1.86. The first kappa shape index (κ1) is 10.5. The van der Waals surface area contributed by atoms with Crippen LogP contribution in [0.25, 0.3) is 0 Å². The van der Waals surface area contributed by atoms with Gasteiger partial charge >= 0.3 is 6.03 Å². The molecule has 0 aromatic heterocycles. The third-order valence-electron chi connectivity index (χ3n) is 2.74. The number of carbonyl (C=O) groups excluding carboxylic acids is 1. The predicted molar refractivity (Wildman–Crippen MR) is 62.7 cm³/mol. The lowest BCUT2D eigenvalue weighted by atomic mass is 9.93. The first-order valence-electron chi connectivity index (χ1n) is 4.81.